The summed E-state index contributed by atoms with van der Waals surface area (Å²) < 4.78 is 0. The molecule has 1 aliphatic heterocycles. The third-order valence-corrected chi connectivity index (χ3v) is 5.88. The molecule has 1 N–H and O–H groups in total. The first kappa shape index (κ1) is 12.9. The fourth-order valence-corrected chi connectivity index (χ4v) is 4.61. The van der Waals surface area contributed by atoms with Gasteiger partial charge >= 0.3 is 0 Å². The number of nitrogens with one attached hydrogen (secondary N) is 1. The monoisotopic (exact) mass is 250 g/mol. The second kappa shape index (κ2) is 5.92. The van der Waals surface area contributed by atoms with E-state index >= 15 is 0 Å². The highest BCUT2D eigenvalue weighted by molar-refractivity contribution is 4.90. The van der Waals surface area contributed by atoms with Crippen molar-refractivity contribution in [1.82, 2.24) is 10.2 Å². The van der Waals surface area contributed by atoms with Crippen LogP contribution in [0.1, 0.15) is 45.4 Å². The van der Waals surface area contributed by atoms with Crippen molar-refractivity contribution in [2.75, 3.05) is 32.7 Å². The van der Waals surface area contributed by atoms with E-state index < -0.39 is 0 Å². The Kier molecular flexibility index (Phi) is 4.25. The molecule has 2 heteroatoms. The van der Waals surface area contributed by atoms with Gasteiger partial charge in [0.2, 0.25) is 0 Å². The molecule has 2 nitrogen and oxygen atoms in total. The Morgan fingerprint density at radius 3 is 2.44 bits per heavy atom. The molecule has 0 aromatic heterocycles. The Hall–Kier alpha value is -0.0800. The smallest absolute Gasteiger partial charge is 0.00157 e. The van der Waals surface area contributed by atoms with Crippen LogP contribution in [0.25, 0.3) is 0 Å². The highest BCUT2D eigenvalue weighted by atomic mass is 15.1. The first-order valence-corrected chi connectivity index (χ1v) is 8.28. The molecular formula is C16H30N2. The van der Waals surface area contributed by atoms with E-state index in [4.69, 9.17) is 0 Å². The first-order valence-electron chi connectivity index (χ1n) is 8.28. The maximum atomic E-state index is 3.80. The fourth-order valence-electron chi connectivity index (χ4n) is 4.61. The molecule has 0 aromatic carbocycles. The van der Waals surface area contributed by atoms with E-state index in [1.165, 1.54) is 64.8 Å². The lowest BCUT2D eigenvalue weighted by atomic mass is 9.88. The van der Waals surface area contributed by atoms with Gasteiger partial charge in [-0.25, -0.2) is 0 Å². The molecule has 0 aromatic rings. The first-order chi connectivity index (χ1) is 8.85. The minimum absolute atomic E-state index is 0.950. The van der Waals surface area contributed by atoms with Gasteiger partial charge in [-0.2, -0.15) is 0 Å². The van der Waals surface area contributed by atoms with Crippen LogP contribution in [0.4, 0.5) is 0 Å². The maximum Gasteiger partial charge on any atom is -0.00157 e. The topological polar surface area (TPSA) is 15.3 Å². The van der Waals surface area contributed by atoms with Gasteiger partial charge in [0.1, 0.15) is 0 Å². The molecule has 1 heterocycles. The van der Waals surface area contributed by atoms with Gasteiger partial charge in [0.15, 0.2) is 0 Å². The molecule has 2 aliphatic carbocycles. The van der Waals surface area contributed by atoms with Crippen LogP contribution in [0.3, 0.4) is 0 Å². The highest BCUT2D eigenvalue weighted by Gasteiger charge is 2.38. The van der Waals surface area contributed by atoms with Crippen molar-refractivity contribution in [2.45, 2.75) is 45.4 Å². The van der Waals surface area contributed by atoms with Crippen LogP contribution in [-0.2, 0) is 0 Å². The quantitative estimate of drug-likeness (QED) is 0.807. The standard InChI is InChI=1S/C16H30N2/c1-2-18-7-5-13(6-8-18)11-17-12-16-10-14-3-4-15(16)9-14/h13-17H,2-12H2,1H3. The number of piperidine rings is 1. The zero-order valence-electron chi connectivity index (χ0n) is 12.0. The zero-order chi connectivity index (χ0) is 12.4. The van der Waals surface area contributed by atoms with E-state index in [9.17, 15) is 0 Å². The van der Waals surface area contributed by atoms with E-state index in [0.29, 0.717) is 0 Å². The fraction of sp³-hybridized carbons (Fsp3) is 1.00. The molecule has 0 spiro atoms. The summed E-state index contributed by atoms with van der Waals surface area (Å²) >= 11 is 0. The Balaban J connectivity index is 1.31. The van der Waals surface area contributed by atoms with Gasteiger partial charge in [0.05, 0.1) is 0 Å². The van der Waals surface area contributed by atoms with Gasteiger partial charge in [0, 0.05) is 0 Å². The lowest BCUT2D eigenvalue weighted by molar-refractivity contribution is 0.187. The van der Waals surface area contributed by atoms with Gasteiger partial charge < -0.3 is 10.2 Å². The number of nitrogens with zero attached hydrogens (tertiary/aromatic N) is 1. The van der Waals surface area contributed by atoms with Crippen molar-refractivity contribution in [1.29, 1.82) is 0 Å². The molecule has 0 radical (unpaired) electrons. The average Bonchev–Trinajstić information content (AvgIpc) is 3.02. The summed E-state index contributed by atoms with van der Waals surface area (Å²) in [5, 5.41) is 3.80. The average molecular weight is 250 g/mol. The van der Waals surface area contributed by atoms with Crippen molar-refractivity contribution >= 4 is 0 Å². The summed E-state index contributed by atoms with van der Waals surface area (Å²) in [6.45, 7) is 8.79. The van der Waals surface area contributed by atoms with Crippen molar-refractivity contribution in [2.24, 2.45) is 23.7 Å². The third kappa shape index (κ3) is 2.91. The maximum absolute atomic E-state index is 3.80. The van der Waals surface area contributed by atoms with Crippen LogP contribution >= 0.6 is 0 Å². The summed E-state index contributed by atoms with van der Waals surface area (Å²) in [5.74, 6) is 4.17. The highest BCUT2D eigenvalue weighted by Crippen LogP contribution is 2.47. The number of likely N-dealkylation sites (tertiary alicyclic amines) is 1. The van der Waals surface area contributed by atoms with Crippen LogP contribution in [0.5, 0.6) is 0 Å². The largest absolute Gasteiger partial charge is 0.316 e. The third-order valence-electron chi connectivity index (χ3n) is 5.88. The number of rotatable bonds is 5. The molecule has 104 valence electrons. The van der Waals surface area contributed by atoms with Gasteiger partial charge in [0.25, 0.3) is 0 Å². The number of hydrogen-bond acceptors (Lipinski definition) is 2. The summed E-state index contributed by atoms with van der Waals surface area (Å²) in [7, 11) is 0. The Morgan fingerprint density at radius 1 is 1.00 bits per heavy atom. The molecule has 3 aliphatic rings. The van der Waals surface area contributed by atoms with Gasteiger partial charge in [-0.1, -0.05) is 13.3 Å². The van der Waals surface area contributed by atoms with Crippen LogP contribution < -0.4 is 5.32 Å². The van der Waals surface area contributed by atoms with Crippen molar-refractivity contribution in [3.05, 3.63) is 0 Å². The molecule has 3 unspecified atom stereocenters. The lowest BCUT2D eigenvalue weighted by Gasteiger charge is -2.31. The van der Waals surface area contributed by atoms with Gasteiger partial charge in [-0.3, -0.25) is 0 Å². The Morgan fingerprint density at radius 2 is 1.83 bits per heavy atom. The Labute approximate surface area is 113 Å². The minimum Gasteiger partial charge on any atom is -0.316 e. The number of fused-ring (bicyclic) bond motifs is 2. The zero-order valence-corrected chi connectivity index (χ0v) is 12.0. The molecule has 3 rings (SSSR count). The van der Waals surface area contributed by atoms with Crippen LogP contribution in [0.2, 0.25) is 0 Å². The minimum atomic E-state index is 0.950. The Bertz CT molecular complexity index is 258. The summed E-state index contributed by atoms with van der Waals surface area (Å²) in [4.78, 5) is 2.59. The van der Waals surface area contributed by atoms with E-state index in [2.05, 4.69) is 17.1 Å². The van der Waals surface area contributed by atoms with Crippen molar-refractivity contribution in [3.8, 4) is 0 Å². The van der Waals surface area contributed by atoms with E-state index in [1.54, 1.807) is 6.42 Å². The molecule has 2 bridgehead atoms. The van der Waals surface area contributed by atoms with Crippen molar-refractivity contribution in [3.63, 3.8) is 0 Å². The predicted molar refractivity (Wildman–Crippen MR) is 76.6 cm³/mol. The summed E-state index contributed by atoms with van der Waals surface area (Å²) in [6.07, 6.45) is 8.99. The van der Waals surface area contributed by atoms with Crippen LogP contribution in [-0.4, -0.2) is 37.6 Å². The van der Waals surface area contributed by atoms with Crippen LogP contribution in [0, 0.1) is 23.7 Å². The normalized spacial score (nSPS) is 37.5. The SMILES string of the molecule is CCN1CCC(CNCC2CC3CCC2C3)CC1. The van der Waals surface area contributed by atoms with Crippen LogP contribution in [0.15, 0.2) is 0 Å². The lowest BCUT2D eigenvalue weighted by Crippen LogP contribution is -2.38. The molecule has 1 saturated heterocycles. The molecule has 0 amide bonds. The second-order valence-electron chi connectivity index (χ2n) is 6.97. The number of hydrogen-bond donors (Lipinski definition) is 1. The molecule has 3 atom stereocenters. The summed E-state index contributed by atoms with van der Waals surface area (Å²) in [6, 6.07) is 0. The molecular weight excluding hydrogens is 220 g/mol. The predicted octanol–water partition coefficient (Wildman–Crippen LogP) is 2.74. The van der Waals surface area contributed by atoms with E-state index in [0.717, 1.165) is 23.7 Å². The molecule has 2 saturated carbocycles. The van der Waals surface area contributed by atoms with E-state index in [-0.39, 0.29) is 0 Å². The van der Waals surface area contributed by atoms with E-state index in [1.807, 2.05) is 0 Å². The van der Waals surface area contributed by atoms with Crippen molar-refractivity contribution < 1.29 is 0 Å². The second-order valence-corrected chi connectivity index (χ2v) is 6.97. The molecule has 18 heavy (non-hydrogen) atoms. The van der Waals surface area contributed by atoms with Gasteiger partial charge in [-0.05, 0) is 88.5 Å². The molecule has 3 fully saturated rings. The van der Waals surface area contributed by atoms with Gasteiger partial charge in [-0.15, -0.1) is 0 Å². The summed E-state index contributed by atoms with van der Waals surface area (Å²) in [5.41, 5.74) is 0.